The van der Waals surface area contributed by atoms with Gasteiger partial charge in [-0.2, -0.15) is 0 Å². The Bertz CT molecular complexity index is 1090. The molecule has 4 rings (SSSR count). The number of imidazole rings is 1. The van der Waals surface area contributed by atoms with E-state index in [2.05, 4.69) is 38.7 Å². The van der Waals surface area contributed by atoms with Gasteiger partial charge in [0.15, 0.2) is 0 Å². The Morgan fingerprint density at radius 1 is 0.964 bits per heavy atom. The van der Waals surface area contributed by atoms with Crippen molar-refractivity contribution in [2.75, 3.05) is 6.61 Å². The van der Waals surface area contributed by atoms with Gasteiger partial charge in [0.2, 0.25) is 0 Å². The highest BCUT2D eigenvalue weighted by atomic mass is 16.5. The van der Waals surface area contributed by atoms with Crippen LogP contribution in [0.1, 0.15) is 17.7 Å². The van der Waals surface area contributed by atoms with Crippen molar-refractivity contribution >= 4 is 0 Å². The van der Waals surface area contributed by atoms with E-state index in [1.54, 1.807) is 6.26 Å². The lowest BCUT2D eigenvalue weighted by Crippen LogP contribution is -2.01. The van der Waals surface area contributed by atoms with Crippen LogP contribution in [0.25, 0.3) is 22.5 Å². The first-order valence-electron chi connectivity index (χ1n) is 9.05. The molecule has 0 atom stereocenters. The van der Waals surface area contributed by atoms with E-state index in [0.717, 1.165) is 33.8 Å². The molecule has 0 aliphatic carbocycles. The molecule has 5 nitrogen and oxygen atoms in total. The number of hydrogen-bond acceptors (Lipinski definition) is 4. The first kappa shape index (κ1) is 17.8. The van der Waals surface area contributed by atoms with Crippen LogP contribution in [0.15, 0.2) is 77.8 Å². The molecule has 138 valence electrons. The maximum atomic E-state index is 8.86. The maximum Gasteiger partial charge on any atom is 0.124 e. The minimum atomic E-state index is 0.0761. The largest absolute Gasteiger partial charge is 0.395 e. The maximum absolute atomic E-state index is 8.86. The zero-order valence-corrected chi connectivity index (χ0v) is 15.2. The van der Waals surface area contributed by atoms with Crippen LogP contribution in [0.4, 0.5) is 0 Å². The topological polar surface area (TPSA) is 64.1 Å². The number of aliphatic hydroxyl groups is 1. The van der Waals surface area contributed by atoms with E-state index in [-0.39, 0.29) is 6.61 Å². The smallest absolute Gasteiger partial charge is 0.124 e. The lowest BCUT2D eigenvalue weighted by molar-refractivity contribution is 0.305. The molecule has 2 aromatic heterocycles. The van der Waals surface area contributed by atoms with E-state index >= 15 is 0 Å². The standard InChI is InChI=1S/C23H19N3O2/c27-14-5-4-6-18-9-11-20(12-10-18)23-22(19-7-2-1-3-8-19)24-17-26(23)16-21-13-15-28-25-21/h1-3,7-13,15,17,27H,5,14,16H2. The van der Waals surface area contributed by atoms with E-state index in [0.29, 0.717) is 13.0 Å². The van der Waals surface area contributed by atoms with E-state index in [1.165, 1.54) is 0 Å². The summed E-state index contributed by atoms with van der Waals surface area (Å²) in [4.78, 5) is 4.68. The number of nitrogens with zero attached hydrogens (tertiary/aromatic N) is 3. The second-order valence-corrected chi connectivity index (χ2v) is 6.28. The van der Waals surface area contributed by atoms with Crippen molar-refractivity contribution in [3.63, 3.8) is 0 Å². The Kier molecular flexibility index (Phi) is 5.32. The second kappa shape index (κ2) is 8.38. The third-order valence-electron chi connectivity index (χ3n) is 4.34. The summed E-state index contributed by atoms with van der Waals surface area (Å²) in [5, 5.41) is 12.9. The van der Waals surface area contributed by atoms with Crippen LogP contribution in [-0.2, 0) is 6.54 Å². The molecule has 0 fully saturated rings. The monoisotopic (exact) mass is 369 g/mol. The van der Waals surface area contributed by atoms with Gasteiger partial charge in [0, 0.05) is 29.2 Å². The molecule has 0 saturated heterocycles. The molecule has 0 saturated carbocycles. The summed E-state index contributed by atoms with van der Waals surface area (Å²) < 4.78 is 7.05. The van der Waals surface area contributed by atoms with Gasteiger partial charge in [0.25, 0.3) is 0 Å². The molecule has 1 N–H and O–H groups in total. The molecule has 0 bridgehead atoms. The normalized spacial score (nSPS) is 10.5. The quantitative estimate of drug-likeness (QED) is 0.540. The molecule has 2 aromatic carbocycles. The number of rotatable bonds is 5. The van der Waals surface area contributed by atoms with Crippen LogP contribution in [-0.4, -0.2) is 26.4 Å². The van der Waals surface area contributed by atoms with E-state index in [1.807, 2.05) is 54.9 Å². The lowest BCUT2D eigenvalue weighted by Gasteiger charge is -2.10. The molecule has 2 heterocycles. The van der Waals surface area contributed by atoms with Crippen LogP contribution >= 0.6 is 0 Å². The van der Waals surface area contributed by atoms with E-state index in [9.17, 15) is 0 Å². The van der Waals surface area contributed by atoms with Gasteiger partial charge < -0.3 is 14.2 Å². The Morgan fingerprint density at radius 3 is 2.50 bits per heavy atom. The van der Waals surface area contributed by atoms with Crippen LogP contribution in [0, 0.1) is 11.8 Å². The Morgan fingerprint density at radius 2 is 1.79 bits per heavy atom. The SMILES string of the molecule is OCCC#Cc1ccc(-c2c(-c3ccccc3)ncn2Cc2ccon2)cc1. The van der Waals surface area contributed by atoms with Gasteiger partial charge in [-0.1, -0.05) is 59.5 Å². The Labute approximate surface area is 163 Å². The highest BCUT2D eigenvalue weighted by Crippen LogP contribution is 2.31. The molecule has 0 aliphatic heterocycles. The van der Waals surface area contributed by atoms with Gasteiger partial charge in [0.1, 0.15) is 12.0 Å². The van der Waals surface area contributed by atoms with Crippen LogP contribution in [0.5, 0.6) is 0 Å². The molecule has 0 spiro atoms. The van der Waals surface area contributed by atoms with Gasteiger partial charge in [-0.25, -0.2) is 4.98 Å². The molecule has 0 amide bonds. The first-order valence-corrected chi connectivity index (χ1v) is 9.05. The zero-order chi connectivity index (χ0) is 19.2. The molecule has 0 unspecified atom stereocenters. The predicted octanol–water partition coefficient (Wildman–Crippen LogP) is 3.99. The second-order valence-electron chi connectivity index (χ2n) is 6.28. The molecular formula is C23H19N3O2. The Balaban J connectivity index is 1.75. The van der Waals surface area contributed by atoms with Crippen molar-refractivity contribution < 1.29 is 9.63 Å². The van der Waals surface area contributed by atoms with Crippen molar-refractivity contribution in [1.82, 2.24) is 14.7 Å². The third kappa shape index (κ3) is 3.88. The number of aromatic nitrogens is 3. The number of aliphatic hydroxyl groups excluding tert-OH is 1. The van der Waals surface area contributed by atoms with Gasteiger partial charge >= 0.3 is 0 Å². The molecule has 4 aromatic rings. The molecule has 5 heteroatoms. The fourth-order valence-electron chi connectivity index (χ4n) is 3.04. The summed E-state index contributed by atoms with van der Waals surface area (Å²) in [7, 11) is 0. The third-order valence-corrected chi connectivity index (χ3v) is 4.34. The fraction of sp³-hybridized carbons (Fsp3) is 0.130. The summed E-state index contributed by atoms with van der Waals surface area (Å²) in [5.41, 5.74) is 5.80. The minimum absolute atomic E-state index is 0.0761. The van der Waals surface area contributed by atoms with Gasteiger partial charge in [-0.05, 0) is 12.1 Å². The summed E-state index contributed by atoms with van der Waals surface area (Å²) in [5.74, 6) is 6.01. The molecule has 0 radical (unpaired) electrons. The Hall–Kier alpha value is -3.62. The summed E-state index contributed by atoms with van der Waals surface area (Å²) in [6.45, 7) is 0.649. The number of benzene rings is 2. The predicted molar refractivity (Wildman–Crippen MR) is 107 cm³/mol. The van der Waals surface area contributed by atoms with Crippen LogP contribution in [0.2, 0.25) is 0 Å². The van der Waals surface area contributed by atoms with E-state index < -0.39 is 0 Å². The molecule has 28 heavy (non-hydrogen) atoms. The lowest BCUT2D eigenvalue weighted by atomic mass is 10.0. The van der Waals surface area contributed by atoms with E-state index in [4.69, 9.17) is 9.63 Å². The van der Waals surface area contributed by atoms with Crippen LogP contribution in [0.3, 0.4) is 0 Å². The average Bonchev–Trinajstić information content (AvgIpc) is 3.40. The van der Waals surface area contributed by atoms with Crippen molar-refractivity contribution in [2.45, 2.75) is 13.0 Å². The average molecular weight is 369 g/mol. The zero-order valence-electron chi connectivity index (χ0n) is 15.2. The van der Waals surface area contributed by atoms with Gasteiger partial charge in [0.05, 0.1) is 30.9 Å². The number of hydrogen-bond donors (Lipinski definition) is 1. The fourth-order valence-corrected chi connectivity index (χ4v) is 3.04. The summed E-state index contributed by atoms with van der Waals surface area (Å²) in [6, 6.07) is 20.1. The summed E-state index contributed by atoms with van der Waals surface area (Å²) >= 11 is 0. The highest BCUT2D eigenvalue weighted by Gasteiger charge is 2.15. The molecular weight excluding hydrogens is 350 g/mol. The highest BCUT2D eigenvalue weighted by molar-refractivity contribution is 5.78. The van der Waals surface area contributed by atoms with Gasteiger partial charge in [-0.3, -0.25) is 0 Å². The minimum Gasteiger partial charge on any atom is -0.395 e. The van der Waals surface area contributed by atoms with Crippen molar-refractivity contribution in [3.05, 3.63) is 84.5 Å². The molecule has 0 aliphatic rings. The van der Waals surface area contributed by atoms with Crippen molar-refractivity contribution in [2.24, 2.45) is 0 Å². The summed E-state index contributed by atoms with van der Waals surface area (Å²) in [6.07, 6.45) is 3.88. The van der Waals surface area contributed by atoms with Crippen molar-refractivity contribution in [1.29, 1.82) is 0 Å². The van der Waals surface area contributed by atoms with Crippen molar-refractivity contribution in [3.8, 4) is 34.4 Å². The van der Waals surface area contributed by atoms with Gasteiger partial charge in [-0.15, -0.1) is 0 Å². The van der Waals surface area contributed by atoms with Crippen LogP contribution < -0.4 is 0 Å². The first-order chi connectivity index (χ1) is 13.8.